The molecule has 0 saturated carbocycles. The number of carboxylic acids is 2. The van der Waals surface area contributed by atoms with E-state index in [-0.39, 0.29) is 23.5 Å². The summed E-state index contributed by atoms with van der Waals surface area (Å²) in [6, 6.07) is 4.21. The number of hydrogen-bond donors (Lipinski definition) is 5. The van der Waals surface area contributed by atoms with Crippen LogP contribution in [0.5, 0.6) is 0 Å². The molecule has 0 aliphatic rings. The smallest absolute Gasteiger partial charge is 0.326 e. The van der Waals surface area contributed by atoms with Crippen LogP contribution in [-0.4, -0.2) is 48.6 Å². The number of carbonyl (C=O) groups excluding carboxylic acids is 1. The number of anilines is 1. The van der Waals surface area contributed by atoms with Crippen LogP contribution in [-0.2, 0) is 22.6 Å². The Hall–Kier alpha value is -4.22. The normalized spacial score (nSPS) is 11.9. The summed E-state index contributed by atoms with van der Waals surface area (Å²) in [5.41, 5.74) is 6.31. The van der Waals surface area contributed by atoms with Crippen molar-refractivity contribution < 1.29 is 29.0 Å². The Bertz CT molecular complexity index is 1270. The fourth-order valence-electron chi connectivity index (χ4n) is 3.43. The lowest BCUT2D eigenvalue weighted by Gasteiger charge is -2.14. The standard InChI is InChI=1S/C21H22FN5O6/c22-13-10-11(2-1-8-27-9-7-14-17(27)19(31)26-21(23)25-14)3-4-12(13)18(30)24-15(20(32)33)5-6-16(28)29/h3-4,7,9-10,15H,1-2,5-6,8H2,(H,24,30)(H,28,29)(H,32,33)(H3,23,25,26,31). The van der Waals surface area contributed by atoms with Gasteiger partial charge in [-0.25, -0.2) is 14.2 Å². The number of nitrogens with one attached hydrogen (secondary N) is 2. The number of aliphatic carboxylic acids is 2. The zero-order valence-electron chi connectivity index (χ0n) is 17.4. The molecule has 12 heteroatoms. The minimum atomic E-state index is -1.45. The quantitative estimate of drug-likeness (QED) is 0.299. The van der Waals surface area contributed by atoms with E-state index >= 15 is 0 Å². The summed E-state index contributed by atoms with van der Waals surface area (Å²) in [5, 5.41) is 20.0. The largest absolute Gasteiger partial charge is 0.481 e. The number of carbonyl (C=O) groups is 3. The molecule has 3 rings (SSSR count). The summed E-state index contributed by atoms with van der Waals surface area (Å²) in [6.45, 7) is 0.464. The molecule has 1 aromatic carbocycles. The van der Waals surface area contributed by atoms with Gasteiger partial charge in [0.1, 0.15) is 17.4 Å². The van der Waals surface area contributed by atoms with Crippen molar-refractivity contribution in [2.24, 2.45) is 0 Å². The van der Waals surface area contributed by atoms with Gasteiger partial charge < -0.3 is 25.8 Å². The number of H-pyrrole nitrogens is 1. The predicted octanol–water partition coefficient (Wildman–Crippen LogP) is 1.13. The molecule has 0 fully saturated rings. The van der Waals surface area contributed by atoms with Crippen LogP contribution in [0.25, 0.3) is 11.0 Å². The number of nitrogens with zero attached hydrogens (tertiary/aromatic N) is 2. The van der Waals surface area contributed by atoms with Crippen LogP contribution >= 0.6 is 0 Å². The predicted molar refractivity (Wildman–Crippen MR) is 115 cm³/mol. The van der Waals surface area contributed by atoms with Crippen LogP contribution in [0.4, 0.5) is 10.3 Å². The third kappa shape index (κ3) is 5.73. The van der Waals surface area contributed by atoms with E-state index < -0.39 is 36.1 Å². The van der Waals surface area contributed by atoms with Crippen molar-refractivity contribution in [2.75, 3.05) is 5.73 Å². The van der Waals surface area contributed by atoms with E-state index in [2.05, 4.69) is 15.3 Å². The van der Waals surface area contributed by atoms with Gasteiger partial charge in [0.25, 0.3) is 11.5 Å². The highest BCUT2D eigenvalue weighted by molar-refractivity contribution is 5.97. The molecule has 1 unspecified atom stereocenters. The van der Waals surface area contributed by atoms with E-state index in [1.54, 1.807) is 22.9 Å². The highest BCUT2D eigenvalue weighted by Crippen LogP contribution is 2.15. The molecule has 0 radical (unpaired) electrons. The fraction of sp³-hybridized carbons (Fsp3) is 0.286. The Kier molecular flexibility index (Phi) is 7.06. The molecule has 174 valence electrons. The lowest BCUT2D eigenvalue weighted by Crippen LogP contribution is -2.41. The number of amides is 1. The Morgan fingerprint density at radius 1 is 1.24 bits per heavy atom. The number of benzene rings is 1. The molecular weight excluding hydrogens is 437 g/mol. The van der Waals surface area contributed by atoms with Gasteiger partial charge in [0, 0.05) is 19.2 Å². The number of aromatic amines is 1. The molecule has 2 heterocycles. The van der Waals surface area contributed by atoms with Crippen molar-refractivity contribution in [1.82, 2.24) is 19.9 Å². The Morgan fingerprint density at radius 3 is 2.67 bits per heavy atom. The highest BCUT2D eigenvalue weighted by atomic mass is 19.1. The monoisotopic (exact) mass is 459 g/mol. The van der Waals surface area contributed by atoms with Crippen LogP contribution in [0.3, 0.4) is 0 Å². The molecule has 0 saturated heterocycles. The van der Waals surface area contributed by atoms with Crippen LogP contribution in [0.15, 0.2) is 35.3 Å². The van der Waals surface area contributed by atoms with Gasteiger partial charge in [-0.2, -0.15) is 0 Å². The van der Waals surface area contributed by atoms with Gasteiger partial charge in [-0.1, -0.05) is 6.07 Å². The first-order valence-corrected chi connectivity index (χ1v) is 10.0. The molecule has 0 aliphatic carbocycles. The van der Waals surface area contributed by atoms with Crippen LogP contribution in [0, 0.1) is 5.82 Å². The average Bonchev–Trinajstić information content (AvgIpc) is 3.13. The molecule has 2 aromatic heterocycles. The van der Waals surface area contributed by atoms with Gasteiger partial charge in [0.15, 0.2) is 0 Å². The molecule has 0 bridgehead atoms. The van der Waals surface area contributed by atoms with E-state index in [0.29, 0.717) is 36.0 Å². The van der Waals surface area contributed by atoms with Gasteiger partial charge in [0.05, 0.1) is 11.1 Å². The van der Waals surface area contributed by atoms with Crippen molar-refractivity contribution in [3.05, 3.63) is 57.8 Å². The van der Waals surface area contributed by atoms with E-state index in [9.17, 15) is 23.6 Å². The first kappa shape index (κ1) is 23.4. The number of nitrogen functional groups attached to an aromatic ring is 1. The summed E-state index contributed by atoms with van der Waals surface area (Å²) < 4.78 is 16.2. The maximum Gasteiger partial charge on any atom is 0.326 e. The minimum Gasteiger partial charge on any atom is -0.481 e. The van der Waals surface area contributed by atoms with Gasteiger partial charge in [0.2, 0.25) is 5.95 Å². The summed E-state index contributed by atoms with van der Waals surface area (Å²) >= 11 is 0. The van der Waals surface area contributed by atoms with Crippen molar-refractivity contribution in [1.29, 1.82) is 0 Å². The van der Waals surface area contributed by atoms with Crippen LogP contribution in [0.2, 0.25) is 0 Å². The molecule has 0 spiro atoms. The zero-order chi connectivity index (χ0) is 24.1. The number of halogens is 1. The number of carboxylic acid groups (broad SMARTS) is 2. The van der Waals surface area contributed by atoms with Gasteiger partial charge in [-0.3, -0.25) is 19.4 Å². The fourth-order valence-corrected chi connectivity index (χ4v) is 3.43. The average molecular weight is 459 g/mol. The second-order valence-electron chi connectivity index (χ2n) is 7.41. The molecule has 6 N–H and O–H groups in total. The SMILES string of the molecule is Nc1nc2ccn(CCCc3ccc(C(=O)NC(CCC(=O)O)C(=O)O)c(F)c3)c2c(=O)[nH]1. The number of hydrogen-bond acceptors (Lipinski definition) is 6. The molecule has 1 amide bonds. The van der Waals surface area contributed by atoms with Crippen LogP contribution in [0.1, 0.15) is 35.2 Å². The van der Waals surface area contributed by atoms with Gasteiger partial charge in [-0.15, -0.1) is 0 Å². The van der Waals surface area contributed by atoms with Crippen molar-refractivity contribution in [3.63, 3.8) is 0 Å². The summed E-state index contributed by atoms with van der Waals surface area (Å²) in [6.07, 6.45) is 1.95. The highest BCUT2D eigenvalue weighted by Gasteiger charge is 2.23. The molecule has 11 nitrogen and oxygen atoms in total. The molecule has 3 aromatic rings. The first-order valence-electron chi connectivity index (χ1n) is 10.0. The molecular formula is C21H22FN5O6. The minimum absolute atomic E-state index is 0.0291. The third-order valence-electron chi connectivity index (χ3n) is 5.03. The maximum absolute atomic E-state index is 14.5. The van der Waals surface area contributed by atoms with Crippen molar-refractivity contribution in [2.45, 2.75) is 38.3 Å². The summed E-state index contributed by atoms with van der Waals surface area (Å²) in [5.74, 6) is -4.35. The van der Waals surface area contributed by atoms with E-state index in [1.165, 1.54) is 12.1 Å². The van der Waals surface area contributed by atoms with Crippen LogP contribution < -0.4 is 16.6 Å². The topological polar surface area (TPSA) is 180 Å². The number of nitrogens with two attached hydrogens (primary N) is 1. The van der Waals surface area contributed by atoms with Crippen molar-refractivity contribution in [3.8, 4) is 0 Å². The number of aryl methyl sites for hydroxylation is 2. The summed E-state index contributed by atoms with van der Waals surface area (Å²) in [4.78, 5) is 52.7. The maximum atomic E-state index is 14.5. The van der Waals surface area contributed by atoms with E-state index in [4.69, 9.17) is 15.9 Å². The van der Waals surface area contributed by atoms with Gasteiger partial charge >= 0.3 is 11.9 Å². The Morgan fingerprint density at radius 2 is 2.00 bits per heavy atom. The van der Waals surface area contributed by atoms with E-state index in [0.717, 1.165) is 0 Å². The summed E-state index contributed by atoms with van der Waals surface area (Å²) in [7, 11) is 0. The molecule has 1 atom stereocenters. The first-order chi connectivity index (χ1) is 15.7. The van der Waals surface area contributed by atoms with Crippen molar-refractivity contribution >= 4 is 34.8 Å². The van der Waals surface area contributed by atoms with Gasteiger partial charge in [-0.05, 0) is 43.0 Å². The second kappa shape index (κ2) is 9.94. The Balaban J connectivity index is 1.62. The lowest BCUT2D eigenvalue weighted by molar-refractivity contribution is -0.140. The number of aromatic nitrogens is 3. The zero-order valence-corrected chi connectivity index (χ0v) is 17.4. The number of rotatable bonds is 10. The molecule has 0 aliphatic heterocycles. The van der Waals surface area contributed by atoms with E-state index in [1.807, 2.05) is 0 Å². The second-order valence-corrected chi connectivity index (χ2v) is 7.41. The number of fused-ring (bicyclic) bond motifs is 1. The molecule has 33 heavy (non-hydrogen) atoms. The Labute approximate surface area is 186 Å². The third-order valence-corrected chi connectivity index (χ3v) is 5.03. The lowest BCUT2D eigenvalue weighted by atomic mass is 10.1.